The lowest BCUT2D eigenvalue weighted by Gasteiger charge is -2.15. The summed E-state index contributed by atoms with van der Waals surface area (Å²) in [7, 11) is 0. The predicted octanol–water partition coefficient (Wildman–Crippen LogP) is 3.33. The highest BCUT2D eigenvalue weighted by atomic mass is 16.3. The zero-order chi connectivity index (χ0) is 10.6. The average Bonchev–Trinajstić information content (AvgIpc) is 2.17. The van der Waals surface area contributed by atoms with Gasteiger partial charge in [0.2, 0.25) is 0 Å². The van der Waals surface area contributed by atoms with Crippen molar-refractivity contribution in [1.82, 2.24) is 0 Å². The van der Waals surface area contributed by atoms with Crippen LogP contribution in [0.15, 0.2) is 24.3 Å². The largest absolute Gasteiger partial charge is 0.388 e. The first kappa shape index (κ1) is 11.3. The van der Waals surface area contributed by atoms with Crippen molar-refractivity contribution < 1.29 is 5.11 Å². The highest BCUT2D eigenvalue weighted by Gasteiger charge is 2.11. The molecule has 1 N–H and O–H groups in total. The van der Waals surface area contributed by atoms with Gasteiger partial charge in [-0.3, -0.25) is 0 Å². The van der Waals surface area contributed by atoms with E-state index >= 15 is 0 Å². The molecule has 1 unspecified atom stereocenters. The molecule has 0 spiro atoms. The van der Waals surface area contributed by atoms with E-state index in [0.29, 0.717) is 0 Å². The average molecular weight is 192 g/mol. The number of aliphatic hydroxyl groups excluding tert-OH is 1. The van der Waals surface area contributed by atoms with Crippen LogP contribution in [0.4, 0.5) is 0 Å². The summed E-state index contributed by atoms with van der Waals surface area (Å²) in [6.07, 6.45) is 1.92. The molecule has 1 nitrogen and oxygen atoms in total. The number of hydrogen-bond donors (Lipinski definition) is 1. The number of benzene rings is 1. The van der Waals surface area contributed by atoms with E-state index in [1.165, 1.54) is 5.56 Å². The molecule has 0 aliphatic carbocycles. The molecule has 1 aromatic carbocycles. The van der Waals surface area contributed by atoms with Gasteiger partial charge in [0.25, 0.3) is 0 Å². The minimum atomic E-state index is -0.327. The van der Waals surface area contributed by atoms with Crippen LogP contribution in [0.3, 0.4) is 0 Å². The van der Waals surface area contributed by atoms with E-state index in [2.05, 4.69) is 19.1 Å². The fourth-order valence-corrected chi connectivity index (χ4v) is 1.61. The van der Waals surface area contributed by atoms with Gasteiger partial charge in [0.05, 0.1) is 6.10 Å². The van der Waals surface area contributed by atoms with Crippen molar-refractivity contribution in [3.63, 3.8) is 0 Å². The Kier molecular flexibility index (Phi) is 4.15. The molecule has 0 bridgehead atoms. The highest BCUT2D eigenvalue weighted by molar-refractivity contribution is 5.25. The molecular weight excluding hydrogens is 172 g/mol. The van der Waals surface area contributed by atoms with Gasteiger partial charge in [0, 0.05) is 0 Å². The van der Waals surface area contributed by atoms with Crippen LogP contribution in [0.1, 0.15) is 44.4 Å². The topological polar surface area (TPSA) is 20.2 Å². The van der Waals surface area contributed by atoms with Gasteiger partial charge >= 0.3 is 0 Å². The molecular formula is C13H20O. The summed E-state index contributed by atoms with van der Waals surface area (Å²) < 4.78 is 0. The minimum absolute atomic E-state index is 0.284. The maximum absolute atomic E-state index is 9.89. The molecule has 1 atom stereocenters. The zero-order valence-electron chi connectivity index (χ0n) is 9.33. The van der Waals surface area contributed by atoms with E-state index < -0.39 is 0 Å². The standard InChI is InChI=1S/C13H20O/c1-4-6-11-7-5-8-12(9-11)13(14)10(2)3/h5,7-10,13-14H,4,6H2,1-3H3. The van der Waals surface area contributed by atoms with Gasteiger partial charge in [-0.25, -0.2) is 0 Å². The molecule has 1 aromatic rings. The summed E-state index contributed by atoms with van der Waals surface area (Å²) in [4.78, 5) is 0. The van der Waals surface area contributed by atoms with E-state index in [0.717, 1.165) is 18.4 Å². The third kappa shape index (κ3) is 2.85. The number of hydrogen-bond acceptors (Lipinski definition) is 1. The molecule has 0 saturated carbocycles. The summed E-state index contributed by atoms with van der Waals surface area (Å²) in [6, 6.07) is 8.28. The molecule has 1 rings (SSSR count). The first-order valence-corrected chi connectivity index (χ1v) is 5.42. The Labute approximate surface area is 86.8 Å². The van der Waals surface area contributed by atoms with Crippen molar-refractivity contribution in [3.8, 4) is 0 Å². The predicted molar refractivity (Wildman–Crippen MR) is 60.2 cm³/mol. The Morgan fingerprint density at radius 2 is 2.00 bits per heavy atom. The van der Waals surface area contributed by atoms with E-state index in [-0.39, 0.29) is 12.0 Å². The zero-order valence-corrected chi connectivity index (χ0v) is 9.33. The molecule has 0 aliphatic heterocycles. The fourth-order valence-electron chi connectivity index (χ4n) is 1.61. The summed E-state index contributed by atoms with van der Waals surface area (Å²) in [6.45, 7) is 6.25. The maximum atomic E-state index is 9.89. The molecule has 0 radical (unpaired) electrons. The van der Waals surface area contributed by atoms with E-state index in [1.807, 2.05) is 26.0 Å². The summed E-state index contributed by atoms with van der Waals surface area (Å²) in [5, 5.41) is 9.89. The van der Waals surface area contributed by atoms with Crippen LogP contribution >= 0.6 is 0 Å². The van der Waals surface area contributed by atoms with Gasteiger partial charge in [0.1, 0.15) is 0 Å². The van der Waals surface area contributed by atoms with Crippen LogP contribution in [0.25, 0.3) is 0 Å². The second-order valence-corrected chi connectivity index (χ2v) is 4.18. The maximum Gasteiger partial charge on any atom is 0.0813 e. The second kappa shape index (κ2) is 5.16. The Hall–Kier alpha value is -0.820. The van der Waals surface area contributed by atoms with Crippen molar-refractivity contribution in [1.29, 1.82) is 0 Å². The smallest absolute Gasteiger partial charge is 0.0813 e. The normalized spacial score (nSPS) is 13.2. The number of rotatable bonds is 4. The van der Waals surface area contributed by atoms with E-state index in [9.17, 15) is 5.11 Å². The van der Waals surface area contributed by atoms with Crippen LogP contribution in [0.5, 0.6) is 0 Å². The molecule has 78 valence electrons. The van der Waals surface area contributed by atoms with Gasteiger partial charge < -0.3 is 5.11 Å². The number of aliphatic hydroxyl groups is 1. The Morgan fingerprint density at radius 3 is 2.57 bits per heavy atom. The van der Waals surface area contributed by atoms with E-state index in [1.54, 1.807) is 0 Å². The lowest BCUT2D eigenvalue weighted by atomic mass is 9.96. The van der Waals surface area contributed by atoms with Crippen LogP contribution in [-0.4, -0.2) is 5.11 Å². The Balaban J connectivity index is 2.82. The third-order valence-corrected chi connectivity index (χ3v) is 2.46. The van der Waals surface area contributed by atoms with Crippen molar-refractivity contribution in [2.24, 2.45) is 5.92 Å². The molecule has 14 heavy (non-hydrogen) atoms. The first-order valence-electron chi connectivity index (χ1n) is 5.42. The van der Waals surface area contributed by atoms with Crippen molar-refractivity contribution >= 4 is 0 Å². The summed E-state index contributed by atoms with van der Waals surface area (Å²) in [5.41, 5.74) is 2.37. The van der Waals surface area contributed by atoms with Crippen molar-refractivity contribution in [2.45, 2.75) is 39.7 Å². The van der Waals surface area contributed by atoms with Gasteiger partial charge in [-0.05, 0) is 23.5 Å². The quantitative estimate of drug-likeness (QED) is 0.775. The molecule has 0 aliphatic rings. The third-order valence-electron chi connectivity index (χ3n) is 2.46. The monoisotopic (exact) mass is 192 g/mol. The van der Waals surface area contributed by atoms with Gasteiger partial charge in [-0.15, -0.1) is 0 Å². The Bertz CT molecular complexity index is 278. The molecule has 0 heterocycles. The SMILES string of the molecule is CCCc1cccc(C(O)C(C)C)c1. The van der Waals surface area contributed by atoms with E-state index in [4.69, 9.17) is 0 Å². The van der Waals surface area contributed by atoms with Crippen molar-refractivity contribution in [3.05, 3.63) is 35.4 Å². The highest BCUT2D eigenvalue weighted by Crippen LogP contribution is 2.22. The van der Waals surface area contributed by atoms with Crippen LogP contribution < -0.4 is 0 Å². The minimum Gasteiger partial charge on any atom is -0.388 e. The lowest BCUT2D eigenvalue weighted by Crippen LogP contribution is -2.05. The van der Waals surface area contributed by atoms with Gasteiger partial charge in [-0.1, -0.05) is 51.5 Å². The fraction of sp³-hybridized carbons (Fsp3) is 0.538. The summed E-state index contributed by atoms with van der Waals surface area (Å²) in [5.74, 6) is 0.284. The van der Waals surface area contributed by atoms with Crippen LogP contribution in [-0.2, 0) is 6.42 Å². The number of aryl methyl sites for hydroxylation is 1. The molecule has 0 saturated heterocycles. The Morgan fingerprint density at radius 1 is 1.29 bits per heavy atom. The first-order chi connectivity index (χ1) is 6.65. The molecule has 0 aromatic heterocycles. The van der Waals surface area contributed by atoms with Crippen LogP contribution in [0, 0.1) is 5.92 Å². The summed E-state index contributed by atoms with van der Waals surface area (Å²) >= 11 is 0. The molecule has 0 fully saturated rings. The van der Waals surface area contributed by atoms with Gasteiger partial charge in [-0.2, -0.15) is 0 Å². The van der Waals surface area contributed by atoms with Crippen LogP contribution in [0.2, 0.25) is 0 Å². The lowest BCUT2D eigenvalue weighted by molar-refractivity contribution is 0.127. The molecule has 1 heteroatoms. The molecule has 0 amide bonds. The second-order valence-electron chi connectivity index (χ2n) is 4.18. The van der Waals surface area contributed by atoms with Gasteiger partial charge in [0.15, 0.2) is 0 Å². The van der Waals surface area contributed by atoms with Crippen molar-refractivity contribution in [2.75, 3.05) is 0 Å².